The Balaban J connectivity index is 1.64. The Morgan fingerprint density at radius 3 is 2.67 bits per heavy atom. The lowest BCUT2D eigenvalue weighted by Crippen LogP contribution is -2.64. The van der Waals surface area contributed by atoms with Crippen LogP contribution in [-0.4, -0.2) is 64.8 Å². The highest BCUT2D eigenvalue weighted by molar-refractivity contribution is 9.10. The van der Waals surface area contributed by atoms with E-state index in [4.69, 9.17) is 0 Å². The molecule has 5 heteroatoms. The minimum Gasteiger partial charge on any atom is -0.391 e. The molecule has 2 bridgehead atoms. The summed E-state index contributed by atoms with van der Waals surface area (Å²) >= 11 is 3.37. The van der Waals surface area contributed by atoms with Crippen LogP contribution in [0.25, 0.3) is 0 Å². The van der Waals surface area contributed by atoms with Gasteiger partial charge in [-0.25, -0.2) is 0 Å². The smallest absolute Gasteiger partial charge is 0.0763 e. The lowest BCUT2D eigenvalue weighted by molar-refractivity contribution is -0.0455. The van der Waals surface area contributed by atoms with Crippen LogP contribution in [0.1, 0.15) is 5.69 Å². The van der Waals surface area contributed by atoms with Gasteiger partial charge in [-0.3, -0.25) is 14.8 Å². The van der Waals surface area contributed by atoms with E-state index >= 15 is 0 Å². The van der Waals surface area contributed by atoms with E-state index in [1.807, 2.05) is 12.1 Å². The van der Waals surface area contributed by atoms with E-state index in [1.54, 1.807) is 6.20 Å². The van der Waals surface area contributed by atoms with Crippen LogP contribution in [0.5, 0.6) is 0 Å². The normalized spacial score (nSPS) is 32.4. The molecule has 4 nitrogen and oxygen atoms in total. The molecule has 2 atom stereocenters. The number of halogens is 1. The standard InChI is InChI=1S/C13H18BrN3O/c14-10-1-2-11(15-8-10)7-13(18)12-9-16-3-5-17(12)6-4-16/h1-2,8,12-13,18H,3-7,9H2. The minimum atomic E-state index is -0.318. The summed E-state index contributed by atoms with van der Waals surface area (Å²) in [6.07, 6.45) is 2.11. The fourth-order valence-electron chi connectivity index (χ4n) is 2.90. The molecule has 0 amide bonds. The van der Waals surface area contributed by atoms with Crippen LogP contribution in [0, 0.1) is 0 Å². The average Bonchev–Trinajstić information content (AvgIpc) is 2.42. The molecular weight excluding hydrogens is 294 g/mol. The van der Waals surface area contributed by atoms with Gasteiger partial charge in [0.25, 0.3) is 0 Å². The predicted octanol–water partition coefficient (Wildman–Crippen LogP) is 0.747. The minimum absolute atomic E-state index is 0.276. The molecule has 0 saturated carbocycles. The van der Waals surface area contributed by atoms with Crippen molar-refractivity contribution in [1.82, 2.24) is 14.8 Å². The van der Waals surface area contributed by atoms with Crippen molar-refractivity contribution >= 4 is 15.9 Å². The molecule has 98 valence electrons. The molecule has 18 heavy (non-hydrogen) atoms. The number of hydrogen-bond donors (Lipinski definition) is 1. The average molecular weight is 312 g/mol. The fraction of sp³-hybridized carbons (Fsp3) is 0.615. The molecule has 3 fully saturated rings. The van der Waals surface area contributed by atoms with Crippen molar-refractivity contribution in [2.75, 3.05) is 32.7 Å². The van der Waals surface area contributed by atoms with Gasteiger partial charge in [-0.1, -0.05) is 0 Å². The first kappa shape index (κ1) is 12.5. The molecule has 2 unspecified atom stereocenters. The highest BCUT2D eigenvalue weighted by Gasteiger charge is 2.35. The number of piperazine rings is 3. The number of aliphatic hydroxyl groups is 1. The second kappa shape index (κ2) is 5.25. The first-order valence-corrected chi connectivity index (χ1v) is 7.26. The molecule has 0 radical (unpaired) electrons. The van der Waals surface area contributed by atoms with Crippen LogP contribution in [0.4, 0.5) is 0 Å². The quantitative estimate of drug-likeness (QED) is 0.894. The summed E-state index contributed by atoms with van der Waals surface area (Å²) < 4.78 is 0.979. The fourth-order valence-corrected chi connectivity index (χ4v) is 3.13. The third kappa shape index (κ3) is 2.59. The third-order valence-corrected chi connectivity index (χ3v) is 4.44. The van der Waals surface area contributed by atoms with Crippen molar-refractivity contribution in [3.05, 3.63) is 28.5 Å². The Hall–Kier alpha value is -0.490. The molecule has 0 spiro atoms. The maximum atomic E-state index is 10.4. The first-order valence-electron chi connectivity index (χ1n) is 6.47. The maximum absolute atomic E-state index is 10.4. The highest BCUT2D eigenvalue weighted by Crippen LogP contribution is 2.20. The summed E-state index contributed by atoms with van der Waals surface area (Å²) in [4.78, 5) is 9.20. The molecule has 4 heterocycles. The largest absolute Gasteiger partial charge is 0.391 e. The molecule has 1 aromatic rings. The van der Waals surface area contributed by atoms with Gasteiger partial charge in [0.2, 0.25) is 0 Å². The second-order valence-corrected chi connectivity index (χ2v) is 6.06. The number of nitrogens with zero attached hydrogens (tertiary/aromatic N) is 3. The van der Waals surface area contributed by atoms with E-state index in [1.165, 1.54) is 0 Å². The van der Waals surface area contributed by atoms with Gasteiger partial charge in [-0.15, -0.1) is 0 Å². The first-order chi connectivity index (χ1) is 8.72. The van der Waals surface area contributed by atoms with Crippen LogP contribution in [0.2, 0.25) is 0 Å². The Bertz CT molecular complexity index is 403. The summed E-state index contributed by atoms with van der Waals surface area (Å²) in [7, 11) is 0. The van der Waals surface area contributed by atoms with E-state index in [9.17, 15) is 5.11 Å². The summed E-state index contributed by atoms with van der Waals surface area (Å²) in [5.41, 5.74) is 0.961. The predicted molar refractivity (Wildman–Crippen MR) is 73.4 cm³/mol. The number of rotatable bonds is 3. The second-order valence-electron chi connectivity index (χ2n) is 5.14. The number of aliphatic hydroxyl groups excluding tert-OH is 1. The molecule has 1 aromatic heterocycles. The van der Waals surface area contributed by atoms with Gasteiger partial charge >= 0.3 is 0 Å². The van der Waals surface area contributed by atoms with Gasteiger partial charge in [0.1, 0.15) is 0 Å². The van der Waals surface area contributed by atoms with Gasteiger partial charge in [0.15, 0.2) is 0 Å². The van der Waals surface area contributed by atoms with Crippen molar-refractivity contribution in [3.63, 3.8) is 0 Å². The van der Waals surface area contributed by atoms with Crippen LogP contribution >= 0.6 is 15.9 Å². The molecule has 3 saturated heterocycles. The number of aromatic nitrogens is 1. The maximum Gasteiger partial charge on any atom is 0.0763 e. The van der Waals surface area contributed by atoms with Gasteiger partial charge < -0.3 is 5.11 Å². The molecule has 4 rings (SSSR count). The summed E-state index contributed by atoms with van der Waals surface area (Å²) in [5.74, 6) is 0. The van der Waals surface area contributed by atoms with Crippen LogP contribution in [0.3, 0.4) is 0 Å². The number of fused-ring (bicyclic) bond motifs is 3. The summed E-state index contributed by atoms with van der Waals surface area (Å²) in [5, 5.41) is 10.4. The van der Waals surface area contributed by atoms with E-state index in [2.05, 4.69) is 30.7 Å². The lowest BCUT2D eigenvalue weighted by atomic mass is 9.99. The lowest BCUT2D eigenvalue weighted by Gasteiger charge is -2.49. The van der Waals surface area contributed by atoms with Crippen molar-refractivity contribution < 1.29 is 5.11 Å². The van der Waals surface area contributed by atoms with Crippen molar-refractivity contribution in [3.8, 4) is 0 Å². The monoisotopic (exact) mass is 311 g/mol. The van der Waals surface area contributed by atoms with Gasteiger partial charge in [-0.05, 0) is 28.1 Å². The van der Waals surface area contributed by atoms with Crippen LogP contribution in [0.15, 0.2) is 22.8 Å². The van der Waals surface area contributed by atoms with E-state index < -0.39 is 0 Å². The van der Waals surface area contributed by atoms with E-state index in [0.29, 0.717) is 6.42 Å². The van der Waals surface area contributed by atoms with Crippen molar-refractivity contribution in [2.24, 2.45) is 0 Å². The molecule has 0 aromatic carbocycles. The van der Waals surface area contributed by atoms with Crippen molar-refractivity contribution in [2.45, 2.75) is 18.6 Å². The van der Waals surface area contributed by atoms with E-state index in [0.717, 1.165) is 42.9 Å². The Labute approximate surface area is 116 Å². The zero-order chi connectivity index (χ0) is 12.5. The van der Waals surface area contributed by atoms with Crippen LogP contribution in [-0.2, 0) is 6.42 Å². The zero-order valence-corrected chi connectivity index (χ0v) is 11.9. The van der Waals surface area contributed by atoms with Gasteiger partial charge in [0.05, 0.1) is 6.10 Å². The van der Waals surface area contributed by atoms with E-state index in [-0.39, 0.29) is 12.1 Å². The molecular formula is C13H18BrN3O. The Morgan fingerprint density at radius 1 is 1.33 bits per heavy atom. The highest BCUT2D eigenvalue weighted by atomic mass is 79.9. The third-order valence-electron chi connectivity index (χ3n) is 3.97. The SMILES string of the molecule is OC(Cc1ccc(Br)cn1)C1CN2CCN1CC2. The molecule has 0 aliphatic carbocycles. The summed E-state index contributed by atoms with van der Waals surface area (Å²) in [6, 6.07) is 4.23. The van der Waals surface area contributed by atoms with Crippen molar-refractivity contribution in [1.29, 1.82) is 0 Å². The number of pyridine rings is 1. The molecule has 3 aliphatic rings. The van der Waals surface area contributed by atoms with Gasteiger partial charge in [0, 0.05) is 61.5 Å². The topological polar surface area (TPSA) is 39.6 Å². The summed E-state index contributed by atoms with van der Waals surface area (Å²) in [6.45, 7) is 5.49. The molecule has 3 aliphatic heterocycles. The van der Waals surface area contributed by atoms with Gasteiger partial charge in [-0.2, -0.15) is 0 Å². The number of hydrogen-bond acceptors (Lipinski definition) is 4. The Morgan fingerprint density at radius 2 is 2.11 bits per heavy atom. The Kier molecular flexibility index (Phi) is 3.66. The zero-order valence-electron chi connectivity index (χ0n) is 10.3. The van der Waals surface area contributed by atoms with Crippen LogP contribution < -0.4 is 0 Å². The molecule has 1 N–H and O–H groups in total.